The predicted molar refractivity (Wildman–Crippen MR) is 259 cm³/mol. The maximum Gasteiger partial charge on any atom is 0.0540 e. The van der Waals surface area contributed by atoms with Gasteiger partial charge in [-0.3, -0.25) is 0 Å². The quantitative estimate of drug-likeness (QED) is 0.148. The van der Waals surface area contributed by atoms with E-state index in [9.17, 15) is 0 Å². The fraction of sp³-hybridized carbons (Fsp3) is 0. The van der Waals surface area contributed by atoms with Gasteiger partial charge >= 0.3 is 0 Å². The molecule has 0 saturated carbocycles. The van der Waals surface area contributed by atoms with Crippen LogP contribution >= 0.6 is 11.3 Å². The van der Waals surface area contributed by atoms with Crippen molar-refractivity contribution in [3.63, 3.8) is 0 Å². The molecule has 0 atom stereocenters. The Hall–Kier alpha value is -7.52. The van der Waals surface area contributed by atoms with E-state index in [-0.39, 0.29) is 0 Å². The van der Waals surface area contributed by atoms with E-state index in [1.165, 1.54) is 81.0 Å². The number of nitrogens with zero attached hydrogens (tertiary/aromatic N) is 1. The first kappa shape index (κ1) is 35.6. The Kier molecular flexibility index (Phi) is 9.11. The van der Waals surface area contributed by atoms with Crippen LogP contribution < -0.4 is 4.90 Å². The average molecular weight is 782 g/mol. The molecule has 0 N–H and O–H groups in total. The van der Waals surface area contributed by atoms with E-state index in [1.54, 1.807) is 0 Å². The highest BCUT2D eigenvalue weighted by atomic mass is 32.1. The smallest absolute Gasteiger partial charge is 0.0540 e. The number of benzene rings is 10. The molecule has 10 aromatic carbocycles. The normalized spacial score (nSPS) is 11.3. The van der Waals surface area contributed by atoms with Crippen molar-refractivity contribution in [2.24, 2.45) is 0 Å². The Morgan fingerprint density at radius 1 is 0.267 bits per heavy atom. The molecule has 60 heavy (non-hydrogen) atoms. The first-order chi connectivity index (χ1) is 29.7. The number of para-hydroxylation sites is 1. The molecular formula is C58H39NS. The van der Waals surface area contributed by atoms with E-state index in [0.29, 0.717) is 0 Å². The van der Waals surface area contributed by atoms with Crippen LogP contribution in [0.3, 0.4) is 0 Å². The minimum atomic E-state index is 1.09. The van der Waals surface area contributed by atoms with E-state index in [1.807, 2.05) is 11.3 Å². The van der Waals surface area contributed by atoms with Gasteiger partial charge in [0.1, 0.15) is 0 Å². The summed E-state index contributed by atoms with van der Waals surface area (Å²) >= 11 is 1.86. The fourth-order valence-corrected chi connectivity index (χ4v) is 9.85. The van der Waals surface area contributed by atoms with Crippen molar-refractivity contribution >= 4 is 59.3 Å². The second kappa shape index (κ2) is 15.3. The summed E-state index contributed by atoms with van der Waals surface area (Å²) in [5, 5.41) is 5.11. The van der Waals surface area contributed by atoms with Crippen LogP contribution in [0.5, 0.6) is 0 Å². The number of fused-ring (bicyclic) bond motifs is 4. The number of rotatable bonds is 8. The van der Waals surface area contributed by atoms with Gasteiger partial charge < -0.3 is 4.90 Å². The molecule has 0 aliphatic carbocycles. The molecule has 1 nitrogen and oxygen atoms in total. The molecule has 0 unspecified atom stereocenters. The van der Waals surface area contributed by atoms with Crippen LogP contribution in [0, 0.1) is 0 Å². The van der Waals surface area contributed by atoms with Crippen molar-refractivity contribution in [1.29, 1.82) is 0 Å². The third-order valence-electron chi connectivity index (χ3n) is 11.7. The Morgan fingerprint density at radius 3 is 1.63 bits per heavy atom. The fourth-order valence-electron chi connectivity index (χ4n) is 8.77. The lowest BCUT2D eigenvalue weighted by Crippen LogP contribution is -2.11. The summed E-state index contributed by atoms with van der Waals surface area (Å²) in [4.78, 5) is 2.43. The zero-order valence-corrected chi connectivity index (χ0v) is 33.7. The molecule has 1 heterocycles. The van der Waals surface area contributed by atoms with Gasteiger partial charge in [0.25, 0.3) is 0 Å². The lowest BCUT2D eigenvalue weighted by molar-refractivity contribution is 1.28. The Morgan fingerprint density at radius 2 is 0.817 bits per heavy atom. The molecule has 0 saturated heterocycles. The van der Waals surface area contributed by atoms with Crippen LogP contribution in [0.2, 0.25) is 0 Å². The first-order valence-electron chi connectivity index (χ1n) is 20.5. The summed E-state index contributed by atoms with van der Waals surface area (Å²) in [5.41, 5.74) is 15.2. The first-order valence-corrected chi connectivity index (χ1v) is 21.3. The van der Waals surface area contributed by atoms with Crippen molar-refractivity contribution in [2.75, 3.05) is 4.90 Å². The summed E-state index contributed by atoms with van der Waals surface area (Å²) in [7, 11) is 0. The van der Waals surface area contributed by atoms with Gasteiger partial charge in [0, 0.05) is 37.1 Å². The van der Waals surface area contributed by atoms with Gasteiger partial charge in [-0.2, -0.15) is 0 Å². The number of hydrogen-bond acceptors (Lipinski definition) is 2. The van der Waals surface area contributed by atoms with Crippen LogP contribution in [0.15, 0.2) is 237 Å². The monoisotopic (exact) mass is 781 g/mol. The van der Waals surface area contributed by atoms with Crippen molar-refractivity contribution < 1.29 is 0 Å². The lowest BCUT2D eigenvalue weighted by Gasteiger charge is -2.29. The predicted octanol–water partition coefficient (Wildman–Crippen LogP) is 17.0. The number of thiophene rings is 1. The topological polar surface area (TPSA) is 3.24 Å². The van der Waals surface area contributed by atoms with E-state index in [0.717, 1.165) is 22.6 Å². The molecule has 282 valence electrons. The van der Waals surface area contributed by atoms with Crippen molar-refractivity contribution in [1.82, 2.24) is 0 Å². The van der Waals surface area contributed by atoms with Gasteiger partial charge in [-0.15, -0.1) is 11.3 Å². The van der Waals surface area contributed by atoms with Gasteiger partial charge in [-0.1, -0.05) is 182 Å². The third kappa shape index (κ3) is 6.54. The molecule has 11 aromatic rings. The van der Waals surface area contributed by atoms with Crippen molar-refractivity contribution in [2.45, 2.75) is 0 Å². The zero-order chi connectivity index (χ0) is 39.8. The van der Waals surface area contributed by atoms with E-state index in [2.05, 4.69) is 241 Å². The highest BCUT2D eigenvalue weighted by Crippen LogP contribution is 2.46. The van der Waals surface area contributed by atoms with Crippen molar-refractivity contribution in [3.8, 4) is 55.6 Å². The third-order valence-corrected chi connectivity index (χ3v) is 12.8. The molecule has 0 radical (unpaired) electrons. The number of anilines is 3. The van der Waals surface area contributed by atoms with E-state index < -0.39 is 0 Å². The number of hydrogen-bond donors (Lipinski definition) is 0. The van der Waals surface area contributed by atoms with E-state index in [4.69, 9.17) is 0 Å². The summed E-state index contributed by atoms with van der Waals surface area (Å²) in [6.45, 7) is 0. The Bertz CT molecular complexity index is 3320. The molecule has 2 heteroatoms. The van der Waals surface area contributed by atoms with Gasteiger partial charge in [0.05, 0.1) is 5.69 Å². The molecule has 0 aliphatic heterocycles. The standard InChI is InChI=1S/C58H39NS/c1-2-16-42(17-3-1)49-21-6-7-22-50(49)51-23-8-9-24-52(51)53-25-10-12-27-56(53)59(48-20-14-19-44(38-48)45-30-29-40-15-4-5-18-43(40)37-45)47-34-31-41(32-35-47)46-33-36-58-55(39-46)54-26-11-13-28-57(54)60-58/h1-39H. The Labute approximate surface area is 354 Å². The van der Waals surface area contributed by atoms with Gasteiger partial charge in [0.2, 0.25) is 0 Å². The highest BCUT2D eigenvalue weighted by Gasteiger charge is 2.21. The maximum absolute atomic E-state index is 2.43. The second-order valence-electron chi connectivity index (χ2n) is 15.3. The summed E-state index contributed by atoms with van der Waals surface area (Å²) in [6, 6.07) is 86.2. The van der Waals surface area contributed by atoms with Crippen LogP contribution in [0.25, 0.3) is 86.6 Å². The van der Waals surface area contributed by atoms with Crippen LogP contribution in [-0.2, 0) is 0 Å². The highest BCUT2D eigenvalue weighted by molar-refractivity contribution is 7.25. The average Bonchev–Trinajstić information content (AvgIpc) is 3.70. The largest absolute Gasteiger partial charge is 0.310 e. The second-order valence-corrected chi connectivity index (χ2v) is 16.4. The summed E-state index contributed by atoms with van der Waals surface area (Å²) in [6.07, 6.45) is 0. The molecule has 11 rings (SSSR count). The SMILES string of the molecule is c1ccc(-c2ccccc2-c2ccccc2-c2ccccc2N(c2ccc(-c3ccc4sc5ccccc5c4c3)cc2)c2cccc(-c3ccc4ccccc4c3)c2)cc1. The van der Waals surface area contributed by atoms with Gasteiger partial charge in [-0.25, -0.2) is 0 Å². The van der Waals surface area contributed by atoms with Crippen LogP contribution in [-0.4, -0.2) is 0 Å². The molecule has 0 fully saturated rings. The minimum Gasteiger partial charge on any atom is -0.310 e. The van der Waals surface area contributed by atoms with Crippen molar-refractivity contribution in [3.05, 3.63) is 237 Å². The molecule has 0 spiro atoms. The summed E-state index contributed by atoms with van der Waals surface area (Å²) < 4.78 is 2.64. The van der Waals surface area contributed by atoms with E-state index >= 15 is 0 Å². The minimum absolute atomic E-state index is 1.09. The van der Waals surface area contributed by atoms with Gasteiger partial charge in [0.15, 0.2) is 0 Å². The molecule has 0 bridgehead atoms. The maximum atomic E-state index is 2.43. The molecule has 1 aromatic heterocycles. The lowest BCUT2D eigenvalue weighted by atomic mass is 9.88. The Balaban J connectivity index is 1.07. The van der Waals surface area contributed by atoms with Crippen LogP contribution in [0.4, 0.5) is 17.1 Å². The molecule has 0 amide bonds. The molecular weight excluding hydrogens is 743 g/mol. The zero-order valence-electron chi connectivity index (χ0n) is 32.9. The van der Waals surface area contributed by atoms with Gasteiger partial charge in [-0.05, 0) is 115 Å². The molecule has 0 aliphatic rings. The summed E-state index contributed by atoms with van der Waals surface area (Å²) in [5.74, 6) is 0. The van der Waals surface area contributed by atoms with Crippen LogP contribution in [0.1, 0.15) is 0 Å².